The molecule has 2 unspecified atom stereocenters. The van der Waals surface area contributed by atoms with Crippen molar-refractivity contribution in [2.24, 2.45) is 5.73 Å². The number of nitrogens with two attached hydrogens (primary N) is 1. The number of rotatable bonds is 5. The van der Waals surface area contributed by atoms with Crippen LogP contribution in [0.25, 0.3) is 0 Å². The lowest BCUT2D eigenvalue weighted by atomic mass is 10.0. The van der Waals surface area contributed by atoms with E-state index < -0.39 is 0 Å². The summed E-state index contributed by atoms with van der Waals surface area (Å²) in [5, 5.41) is 3.23. The van der Waals surface area contributed by atoms with Gasteiger partial charge in [0.05, 0.1) is 0 Å². The predicted molar refractivity (Wildman–Crippen MR) is 76.8 cm³/mol. The summed E-state index contributed by atoms with van der Waals surface area (Å²) in [4.78, 5) is 13.7. The Kier molecular flexibility index (Phi) is 4.93. The molecule has 0 saturated carbocycles. The summed E-state index contributed by atoms with van der Waals surface area (Å²) in [5.74, 6) is -0.223. The van der Waals surface area contributed by atoms with Gasteiger partial charge in [-0.25, -0.2) is 0 Å². The SMILES string of the molecule is CC(CCc1ccccc1)N1CCNCC1C(N)=O. The topological polar surface area (TPSA) is 58.4 Å². The molecule has 4 heteroatoms. The first-order valence-electron chi connectivity index (χ1n) is 6.98. The van der Waals surface area contributed by atoms with Crippen LogP contribution >= 0.6 is 0 Å². The molecule has 19 heavy (non-hydrogen) atoms. The monoisotopic (exact) mass is 261 g/mol. The van der Waals surface area contributed by atoms with Crippen molar-refractivity contribution in [3.63, 3.8) is 0 Å². The van der Waals surface area contributed by atoms with Gasteiger partial charge < -0.3 is 11.1 Å². The molecule has 1 aromatic carbocycles. The number of piperazine rings is 1. The van der Waals surface area contributed by atoms with Crippen molar-refractivity contribution < 1.29 is 4.79 Å². The van der Waals surface area contributed by atoms with E-state index in [9.17, 15) is 4.79 Å². The Morgan fingerprint density at radius 1 is 1.47 bits per heavy atom. The van der Waals surface area contributed by atoms with Crippen molar-refractivity contribution >= 4 is 5.91 Å². The minimum atomic E-state index is -0.223. The van der Waals surface area contributed by atoms with Crippen LogP contribution in [0.5, 0.6) is 0 Å². The fraction of sp³-hybridized carbons (Fsp3) is 0.533. The Balaban J connectivity index is 1.90. The molecule has 1 heterocycles. The maximum Gasteiger partial charge on any atom is 0.236 e. The zero-order valence-corrected chi connectivity index (χ0v) is 11.5. The van der Waals surface area contributed by atoms with Gasteiger partial charge in [-0.3, -0.25) is 9.69 Å². The number of carbonyl (C=O) groups excluding carboxylic acids is 1. The fourth-order valence-electron chi connectivity index (χ4n) is 2.70. The lowest BCUT2D eigenvalue weighted by Gasteiger charge is -2.38. The largest absolute Gasteiger partial charge is 0.368 e. The van der Waals surface area contributed by atoms with Crippen LogP contribution in [-0.4, -0.2) is 42.5 Å². The van der Waals surface area contributed by atoms with E-state index in [1.54, 1.807) is 0 Å². The minimum absolute atomic E-state index is 0.167. The number of hydrogen-bond acceptors (Lipinski definition) is 3. The summed E-state index contributed by atoms with van der Waals surface area (Å²) in [6.45, 7) is 4.68. The Bertz CT molecular complexity index is 407. The molecule has 1 aliphatic heterocycles. The summed E-state index contributed by atoms with van der Waals surface area (Å²) in [6, 6.07) is 10.7. The van der Waals surface area contributed by atoms with Gasteiger partial charge in [0.25, 0.3) is 0 Å². The molecule has 0 radical (unpaired) electrons. The van der Waals surface area contributed by atoms with E-state index in [1.165, 1.54) is 5.56 Å². The van der Waals surface area contributed by atoms with E-state index in [1.807, 2.05) is 6.07 Å². The molecule has 1 fully saturated rings. The second-order valence-corrected chi connectivity index (χ2v) is 5.23. The Hall–Kier alpha value is -1.39. The summed E-state index contributed by atoms with van der Waals surface area (Å²) in [7, 11) is 0. The molecule has 1 aliphatic rings. The van der Waals surface area contributed by atoms with Gasteiger partial charge in [-0.2, -0.15) is 0 Å². The summed E-state index contributed by atoms with van der Waals surface area (Å²) < 4.78 is 0. The molecule has 0 spiro atoms. The highest BCUT2D eigenvalue weighted by atomic mass is 16.1. The first kappa shape index (κ1) is 14.0. The van der Waals surface area contributed by atoms with Gasteiger partial charge in [0.15, 0.2) is 0 Å². The molecule has 2 atom stereocenters. The van der Waals surface area contributed by atoms with Gasteiger partial charge in [0.1, 0.15) is 6.04 Å². The average molecular weight is 261 g/mol. The van der Waals surface area contributed by atoms with Crippen LogP contribution in [0.1, 0.15) is 18.9 Å². The number of nitrogens with one attached hydrogen (secondary N) is 1. The third-order valence-electron chi connectivity index (χ3n) is 3.87. The highest BCUT2D eigenvalue weighted by Crippen LogP contribution is 2.14. The third-order valence-corrected chi connectivity index (χ3v) is 3.87. The van der Waals surface area contributed by atoms with Crippen LogP contribution in [0.3, 0.4) is 0 Å². The van der Waals surface area contributed by atoms with E-state index in [-0.39, 0.29) is 11.9 Å². The quantitative estimate of drug-likeness (QED) is 0.823. The van der Waals surface area contributed by atoms with Gasteiger partial charge in [-0.05, 0) is 25.3 Å². The first-order valence-corrected chi connectivity index (χ1v) is 6.98. The Morgan fingerprint density at radius 3 is 2.89 bits per heavy atom. The Labute approximate surface area is 115 Å². The summed E-state index contributed by atoms with van der Waals surface area (Å²) >= 11 is 0. The number of amides is 1. The van der Waals surface area contributed by atoms with Crippen LogP contribution < -0.4 is 11.1 Å². The zero-order valence-electron chi connectivity index (χ0n) is 11.5. The first-order chi connectivity index (χ1) is 9.18. The van der Waals surface area contributed by atoms with Crippen molar-refractivity contribution in [2.45, 2.75) is 31.8 Å². The Morgan fingerprint density at radius 2 is 2.21 bits per heavy atom. The second-order valence-electron chi connectivity index (χ2n) is 5.23. The summed E-state index contributed by atoms with van der Waals surface area (Å²) in [6.07, 6.45) is 2.09. The normalized spacial score (nSPS) is 22.1. The number of aryl methyl sites for hydroxylation is 1. The number of benzene rings is 1. The van der Waals surface area contributed by atoms with Crippen molar-refractivity contribution in [1.29, 1.82) is 0 Å². The standard InChI is InChI=1S/C15H23N3O/c1-12(7-8-13-5-3-2-4-6-13)18-10-9-17-11-14(18)15(16)19/h2-6,12,14,17H,7-11H2,1H3,(H2,16,19). The smallest absolute Gasteiger partial charge is 0.236 e. The van der Waals surface area contributed by atoms with Gasteiger partial charge in [0, 0.05) is 25.7 Å². The van der Waals surface area contributed by atoms with Crippen molar-refractivity contribution in [3.05, 3.63) is 35.9 Å². The van der Waals surface area contributed by atoms with Gasteiger partial charge in [-0.1, -0.05) is 30.3 Å². The molecular formula is C15H23N3O. The van der Waals surface area contributed by atoms with Crippen molar-refractivity contribution in [2.75, 3.05) is 19.6 Å². The van der Waals surface area contributed by atoms with Gasteiger partial charge >= 0.3 is 0 Å². The number of nitrogens with zero attached hydrogens (tertiary/aromatic N) is 1. The van der Waals surface area contributed by atoms with Crippen LogP contribution in [0.2, 0.25) is 0 Å². The molecule has 3 N–H and O–H groups in total. The highest BCUT2D eigenvalue weighted by molar-refractivity contribution is 5.80. The van der Waals surface area contributed by atoms with Gasteiger partial charge in [0.2, 0.25) is 5.91 Å². The molecule has 1 saturated heterocycles. The minimum Gasteiger partial charge on any atom is -0.368 e. The van der Waals surface area contributed by atoms with Crippen LogP contribution in [0, 0.1) is 0 Å². The fourth-order valence-corrected chi connectivity index (χ4v) is 2.70. The molecule has 1 aromatic rings. The molecule has 0 aromatic heterocycles. The van der Waals surface area contributed by atoms with E-state index in [4.69, 9.17) is 5.73 Å². The zero-order chi connectivity index (χ0) is 13.7. The average Bonchev–Trinajstić information content (AvgIpc) is 2.46. The molecule has 4 nitrogen and oxygen atoms in total. The maximum absolute atomic E-state index is 11.5. The van der Waals surface area contributed by atoms with E-state index >= 15 is 0 Å². The maximum atomic E-state index is 11.5. The predicted octanol–water partition coefficient (Wildman–Crippen LogP) is 0.767. The number of primary amides is 1. The lowest BCUT2D eigenvalue weighted by Crippen LogP contribution is -2.59. The molecule has 104 valence electrons. The van der Waals surface area contributed by atoms with E-state index in [2.05, 4.69) is 41.4 Å². The van der Waals surface area contributed by atoms with Crippen LogP contribution in [0.15, 0.2) is 30.3 Å². The van der Waals surface area contributed by atoms with Crippen molar-refractivity contribution in [1.82, 2.24) is 10.2 Å². The molecule has 0 aliphatic carbocycles. The third kappa shape index (κ3) is 3.78. The number of carbonyl (C=O) groups is 1. The highest BCUT2D eigenvalue weighted by Gasteiger charge is 2.29. The molecular weight excluding hydrogens is 238 g/mol. The van der Waals surface area contributed by atoms with E-state index in [0.717, 1.165) is 25.9 Å². The van der Waals surface area contributed by atoms with Gasteiger partial charge in [-0.15, -0.1) is 0 Å². The second kappa shape index (κ2) is 6.68. The molecule has 0 bridgehead atoms. The molecule has 1 amide bonds. The lowest BCUT2D eigenvalue weighted by molar-refractivity contribution is -0.124. The van der Waals surface area contributed by atoms with Crippen molar-refractivity contribution in [3.8, 4) is 0 Å². The summed E-state index contributed by atoms with van der Waals surface area (Å²) in [5.41, 5.74) is 6.83. The van der Waals surface area contributed by atoms with Crippen LogP contribution in [-0.2, 0) is 11.2 Å². The molecule has 2 rings (SSSR count). The number of hydrogen-bond donors (Lipinski definition) is 2. The van der Waals surface area contributed by atoms with E-state index in [0.29, 0.717) is 12.6 Å². The van der Waals surface area contributed by atoms with Crippen LogP contribution in [0.4, 0.5) is 0 Å².